The van der Waals surface area contributed by atoms with Gasteiger partial charge in [-0.1, -0.05) is 11.6 Å². The summed E-state index contributed by atoms with van der Waals surface area (Å²) >= 11 is 5.93. The lowest BCUT2D eigenvalue weighted by atomic mass is 10.2. The Kier molecular flexibility index (Phi) is 5.91. The molecule has 11 heteroatoms. The second-order valence-electron chi connectivity index (χ2n) is 6.06. The molecule has 1 N–H and O–H groups in total. The molecule has 148 valence electrons. The van der Waals surface area contributed by atoms with Gasteiger partial charge in [0.1, 0.15) is 18.2 Å². The fourth-order valence-electron chi connectivity index (χ4n) is 2.50. The van der Waals surface area contributed by atoms with Crippen molar-refractivity contribution in [1.82, 2.24) is 25.1 Å². The highest BCUT2D eigenvalue weighted by Crippen LogP contribution is 2.19. The maximum absolute atomic E-state index is 12.4. The molecule has 0 saturated carbocycles. The van der Waals surface area contributed by atoms with Crippen molar-refractivity contribution in [3.63, 3.8) is 0 Å². The van der Waals surface area contributed by atoms with Gasteiger partial charge in [0, 0.05) is 36.0 Å². The maximum atomic E-state index is 12.4. The Balaban J connectivity index is 1.68. The van der Waals surface area contributed by atoms with Gasteiger partial charge in [0.05, 0.1) is 10.5 Å². The Morgan fingerprint density at radius 1 is 1.28 bits per heavy atom. The van der Waals surface area contributed by atoms with Crippen molar-refractivity contribution in [2.45, 2.75) is 11.3 Å². The Morgan fingerprint density at radius 2 is 2.07 bits per heavy atom. The molecule has 0 aliphatic rings. The third kappa shape index (κ3) is 4.96. The van der Waals surface area contributed by atoms with E-state index in [2.05, 4.69) is 20.4 Å². The van der Waals surface area contributed by atoms with Crippen LogP contribution in [0.1, 0.15) is 21.7 Å². The molecule has 0 aliphatic heterocycles. The normalized spacial score (nSPS) is 11.1. The summed E-state index contributed by atoms with van der Waals surface area (Å²) in [4.78, 5) is 20.7. The standard InChI is InChI=1S/C18H15ClN6O3S/c1-29(27,28)15-7-13(6-14(19)8-15)18(26)21-5-4-17-23-11-24-25(17)16-3-2-12(9-20)10-22-16/h2-3,6-8,10-11H,4-5H2,1H3,(H,21,26). The first-order valence-corrected chi connectivity index (χ1v) is 10.6. The van der Waals surface area contributed by atoms with E-state index < -0.39 is 15.7 Å². The number of nitrogens with one attached hydrogen (secondary N) is 1. The zero-order chi connectivity index (χ0) is 21.0. The minimum absolute atomic E-state index is 0.0261. The van der Waals surface area contributed by atoms with Gasteiger partial charge in [-0.3, -0.25) is 4.79 Å². The highest BCUT2D eigenvalue weighted by Gasteiger charge is 2.14. The number of amides is 1. The summed E-state index contributed by atoms with van der Waals surface area (Å²) in [6, 6.07) is 9.22. The van der Waals surface area contributed by atoms with Gasteiger partial charge >= 0.3 is 0 Å². The Morgan fingerprint density at radius 3 is 2.72 bits per heavy atom. The van der Waals surface area contributed by atoms with Crippen LogP contribution in [0.4, 0.5) is 0 Å². The van der Waals surface area contributed by atoms with Crippen LogP contribution >= 0.6 is 11.6 Å². The van der Waals surface area contributed by atoms with Crippen LogP contribution in [0.15, 0.2) is 47.8 Å². The van der Waals surface area contributed by atoms with E-state index in [-0.39, 0.29) is 22.0 Å². The lowest BCUT2D eigenvalue weighted by Gasteiger charge is -2.08. The summed E-state index contributed by atoms with van der Waals surface area (Å²) in [7, 11) is -3.49. The molecule has 2 aromatic heterocycles. The average molecular weight is 431 g/mol. The van der Waals surface area contributed by atoms with Crippen LogP contribution in [0.2, 0.25) is 5.02 Å². The highest BCUT2D eigenvalue weighted by atomic mass is 35.5. The van der Waals surface area contributed by atoms with E-state index in [1.807, 2.05) is 6.07 Å². The largest absolute Gasteiger partial charge is 0.352 e. The van der Waals surface area contributed by atoms with Crippen molar-refractivity contribution >= 4 is 27.3 Å². The van der Waals surface area contributed by atoms with Gasteiger partial charge < -0.3 is 5.32 Å². The van der Waals surface area contributed by atoms with Crippen LogP contribution in [-0.4, -0.2) is 46.9 Å². The van der Waals surface area contributed by atoms with Gasteiger partial charge in [-0.2, -0.15) is 15.0 Å². The number of halogens is 1. The summed E-state index contributed by atoms with van der Waals surface area (Å²) in [5, 5.41) is 15.8. The van der Waals surface area contributed by atoms with E-state index in [0.717, 1.165) is 6.26 Å². The molecule has 29 heavy (non-hydrogen) atoms. The smallest absolute Gasteiger partial charge is 0.251 e. The molecule has 2 heterocycles. The first-order chi connectivity index (χ1) is 13.8. The van der Waals surface area contributed by atoms with Crippen molar-refractivity contribution in [3.05, 3.63) is 64.8 Å². The molecule has 1 amide bonds. The van der Waals surface area contributed by atoms with Crippen molar-refractivity contribution in [1.29, 1.82) is 5.26 Å². The third-order valence-electron chi connectivity index (χ3n) is 3.91. The van der Waals surface area contributed by atoms with Gasteiger partial charge in [0.2, 0.25) is 0 Å². The summed E-state index contributed by atoms with van der Waals surface area (Å²) < 4.78 is 24.9. The number of aromatic nitrogens is 4. The number of sulfone groups is 1. The Hall–Kier alpha value is -3.29. The topological polar surface area (TPSA) is 131 Å². The predicted molar refractivity (Wildman–Crippen MR) is 104 cm³/mol. The van der Waals surface area contributed by atoms with Crippen LogP contribution < -0.4 is 5.32 Å². The van der Waals surface area contributed by atoms with E-state index >= 15 is 0 Å². The molecule has 0 atom stereocenters. The average Bonchev–Trinajstić information content (AvgIpc) is 3.15. The van der Waals surface area contributed by atoms with Gasteiger partial charge in [-0.05, 0) is 30.3 Å². The second kappa shape index (κ2) is 8.38. The van der Waals surface area contributed by atoms with Crippen molar-refractivity contribution in [2.24, 2.45) is 0 Å². The molecule has 0 unspecified atom stereocenters. The third-order valence-corrected chi connectivity index (χ3v) is 5.22. The number of hydrogen-bond acceptors (Lipinski definition) is 7. The molecule has 3 aromatic rings. The van der Waals surface area contributed by atoms with Crippen LogP contribution in [0.3, 0.4) is 0 Å². The van der Waals surface area contributed by atoms with E-state index in [1.54, 1.807) is 12.1 Å². The van der Waals surface area contributed by atoms with Crippen molar-refractivity contribution < 1.29 is 13.2 Å². The number of benzene rings is 1. The Bertz CT molecular complexity index is 1200. The minimum atomic E-state index is -3.49. The summed E-state index contributed by atoms with van der Waals surface area (Å²) in [6.45, 7) is 0.231. The molecule has 0 radical (unpaired) electrons. The summed E-state index contributed by atoms with van der Waals surface area (Å²) in [6.07, 6.45) is 4.20. The molecule has 0 saturated heterocycles. The Labute approximate surface area is 171 Å². The van der Waals surface area contributed by atoms with Crippen LogP contribution in [-0.2, 0) is 16.3 Å². The first kappa shape index (κ1) is 20.4. The van der Waals surface area contributed by atoms with Crippen LogP contribution in [0.25, 0.3) is 5.82 Å². The molecule has 3 rings (SSSR count). The molecular weight excluding hydrogens is 416 g/mol. The van der Waals surface area contributed by atoms with E-state index in [9.17, 15) is 13.2 Å². The van der Waals surface area contributed by atoms with Crippen molar-refractivity contribution in [2.75, 3.05) is 12.8 Å². The monoisotopic (exact) mass is 430 g/mol. The lowest BCUT2D eigenvalue weighted by Crippen LogP contribution is -2.26. The zero-order valence-corrected chi connectivity index (χ0v) is 16.8. The van der Waals surface area contributed by atoms with E-state index in [4.69, 9.17) is 16.9 Å². The van der Waals surface area contributed by atoms with Gasteiger partial charge in [0.25, 0.3) is 5.91 Å². The van der Waals surface area contributed by atoms with Crippen LogP contribution in [0, 0.1) is 11.3 Å². The fourth-order valence-corrected chi connectivity index (χ4v) is 3.48. The molecule has 0 fully saturated rings. The highest BCUT2D eigenvalue weighted by molar-refractivity contribution is 7.90. The van der Waals surface area contributed by atoms with Crippen LogP contribution in [0.5, 0.6) is 0 Å². The lowest BCUT2D eigenvalue weighted by molar-refractivity contribution is 0.0953. The second-order valence-corrected chi connectivity index (χ2v) is 8.51. The maximum Gasteiger partial charge on any atom is 0.251 e. The number of pyridine rings is 1. The molecular formula is C18H15ClN6O3S. The van der Waals surface area contributed by atoms with Crippen molar-refractivity contribution in [3.8, 4) is 11.9 Å². The first-order valence-electron chi connectivity index (χ1n) is 8.32. The number of rotatable bonds is 6. The molecule has 9 nitrogen and oxygen atoms in total. The van der Waals surface area contributed by atoms with E-state index in [1.165, 1.54) is 35.4 Å². The quantitative estimate of drug-likeness (QED) is 0.627. The van der Waals surface area contributed by atoms with E-state index in [0.29, 0.717) is 23.6 Å². The number of hydrogen-bond donors (Lipinski definition) is 1. The molecule has 1 aromatic carbocycles. The van der Waals surface area contributed by atoms with Gasteiger partial charge in [-0.25, -0.2) is 18.4 Å². The minimum Gasteiger partial charge on any atom is -0.352 e. The number of nitriles is 1. The number of carbonyl (C=O) groups is 1. The van der Waals surface area contributed by atoms with Gasteiger partial charge in [0.15, 0.2) is 15.7 Å². The molecule has 0 aliphatic carbocycles. The SMILES string of the molecule is CS(=O)(=O)c1cc(Cl)cc(C(=O)NCCc2ncnn2-c2ccc(C#N)cn2)c1. The zero-order valence-electron chi connectivity index (χ0n) is 15.2. The summed E-state index contributed by atoms with van der Waals surface area (Å²) in [5.74, 6) is 0.598. The number of nitrogens with zero attached hydrogens (tertiary/aromatic N) is 5. The fraction of sp³-hybridized carbons (Fsp3) is 0.167. The molecule has 0 spiro atoms. The number of carbonyl (C=O) groups excluding carboxylic acids is 1. The molecule has 0 bridgehead atoms. The summed E-state index contributed by atoms with van der Waals surface area (Å²) in [5.41, 5.74) is 0.575. The van der Waals surface area contributed by atoms with Gasteiger partial charge in [-0.15, -0.1) is 0 Å². The predicted octanol–water partition coefficient (Wildman–Crippen LogP) is 1.56.